The molecule has 0 aromatic heterocycles. The van der Waals surface area contributed by atoms with Crippen LogP contribution in [0.25, 0.3) is 0 Å². The smallest absolute Gasteiger partial charge is 0.196 e. The highest BCUT2D eigenvalue weighted by Crippen LogP contribution is 2.61. The van der Waals surface area contributed by atoms with Gasteiger partial charge in [0.05, 0.1) is 5.41 Å². The van der Waals surface area contributed by atoms with Crippen molar-refractivity contribution in [2.24, 2.45) is 5.92 Å². The van der Waals surface area contributed by atoms with Crippen LogP contribution in [0.2, 0.25) is 0 Å². The second kappa shape index (κ2) is 3.50. The largest absolute Gasteiger partial charge is 0.504 e. The number of likely N-dealkylation sites (N-methyl/N-ethyl adjacent to an activating group) is 1. The molecule has 4 nitrogen and oxygen atoms in total. The fourth-order valence-corrected chi connectivity index (χ4v) is 5.08. The number of ketones is 1. The van der Waals surface area contributed by atoms with E-state index in [2.05, 4.69) is 18.0 Å². The minimum absolute atomic E-state index is 0.0398. The maximum absolute atomic E-state index is 12.4. The van der Waals surface area contributed by atoms with Crippen molar-refractivity contribution in [2.45, 2.75) is 30.4 Å². The predicted molar refractivity (Wildman–Crippen MR) is 76.6 cm³/mol. The van der Waals surface area contributed by atoms with Crippen molar-refractivity contribution < 1.29 is 14.6 Å². The predicted octanol–water partition coefficient (Wildman–Crippen LogP) is 1.41. The summed E-state index contributed by atoms with van der Waals surface area (Å²) in [7, 11) is 2.17. The van der Waals surface area contributed by atoms with E-state index in [0.29, 0.717) is 17.7 Å². The van der Waals surface area contributed by atoms with Gasteiger partial charge in [0.15, 0.2) is 23.4 Å². The first-order valence-corrected chi connectivity index (χ1v) is 7.57. The number of piperidine rings is 1. The van der Waals surface area contributed by atoms with Crippen LogP contribution in [0.5, 0.6) is 11.5 Å². The third-order valence-electron chi connectivity index (χ3n) is 6.00. The van der Waals surface area contributed by atoms with Crippen LogP contribution in [0.3, 0.4) is 0 Å². The maximum Gasteiger partial charge on any atom is 0.196 e. The van der Waals surface area contributed by atoms with Crippen LogP contribution in [-0.4, -0.2) is 41.5 Å². The summed E-state index contributed by atoms with van der Waals surface area (Å²) in [5.41, 5.74) is 2.09. The normalized spacial score (nSPS) is 39.1. The molecule has 0 amide bonds. The molecular weight excluding hydrogens is 266 g/mol. The zero-order valence-corrected chi connectivity index (χ0v) is 11.9. The average Bonchev–Trinajstić information content (AvgIpc) is 2.83. The zero-order chi connectivity index (χ0) is 14.4. The molecule has 21 heavy (non-hydrogen) atoms. The molecule has 4 heteroatoms. The fourth-order valence-electron chi connectivity index (χ4n) is 5.08. The molecule has 2 aliphatic carbocycles. The summed E-state index contributed by atoms with van der Waals surface area (Å²) in [6, 6.07) is 4.13. The van der Waals surface area contributed by atoms with Crippen molar-refractivity contribution in [3.05, 3.63) is 35.4 Å². The average molecular weight is 283 g/mol. The van der Waals surface area contributed by atoms with Crippen LogP contribution in [0.4, 0.5) is 0 Å². The number of phenolic OH excluding ortho intramolecular Hbond substituents is 1. The first-order valence-electron chi connectivity index (χ1n) is 7.57. The van der Waals surface area contributed by atoms with Gasteiger partial charge in [-0.1, -0.05) is 12.1 Å². The molecule has 1 saturated heterocycles. The number of benzene rings is 1. The maximum atomic E-state index is 12.4. The number of carbonyl (C=O) groups is 1. The highest BCUT2D eigenvalue weighted by Gasteiger charge is 2.64. The second-order valence-electron chi connectivity index (χ2n) is 6.78. The van der Waals surface area contributed by atoms with Crippen LogP contribution in [0, 0.1) is 5.92 Å². The minimum Gasteiger partial charge on any atom is -0.504 e. The van der Waals surface area contributed by atoms with Crippen LogP contribution < -0.4 is 4.74 Å². The van der Waals surface area contributed by atoms with Gasteiger partial charge in [-0.2, -0.15) is 0 Å². The second-order valence-corrected chi connectivity index (χ2v) is 6.78. The van der Waals surface area contributed by atoms with Crippen molar-refractivity contribution in [1.82, 2.24) is 4.90 Å². The van der Waals surface area contributed by atoms with Gasteiger partial charge in [0, 0.05) is 17.5 Å². The van der Waals surface area contributed by atoms with Crippen molar-refractivity contribution in [3.8, 4) is 11.5 Å². The number of phenols is 1. The standard InChI is InChI=1S/C17H17NO3/c1-18-7-6-17-10-3-5-13(20)16(17)21-15-12(19)4-2-9(14(15)17)8-11(10)18/h2-5,10-11,16,19H,6-8H2,1H3/t10?,11?,16-,17-/m0/s1. The van der Waals surface area contributed by atoms with Crippen LogP contribution >= 0.6 is 0 Å². The Morgan fingerprint density at radius 3 is 3.14 bits per heavy atom. The lowest BCUT2D eigenvalue weighted by molar-refractivity contribution is -0.127. The Morgan fingerprint density at radius 2 is 2.29 bits per heavy atom. The number of nitrogens with zero attached hydrogens (tertiary/aromatic N) is 1. The molecule has 2 heterocycles. The van der Waals surface area contributed by atoms with Crippen LogP contribution in [0.15, 0.2) is 24.3 Å². The van der Waals surface area contributed by atoms with E-state index in [-0.39, 0.29) is 16.9 Å². The number of rotatable bonds is 0. The fraction of sp³-hybridized carbons (Fsp3) is 0.471. The molecule has 2 aliphatic heterocycles. The van der Waals surface area contributed by atoms with Gasteiger partial charge in [-0.3, -0.25) is 4.79 Å². The number of hydrogen-bond donors (Lipinski definition) is 1. The molecular formula is C17H17NO3. The molecule has 5 rings (SSSR count). The topological polar surface area (TPSA) is 49.8 Å². The highest BCUT2D eigenvalue weighted by molar-refractivity contribution is 5.98. The lowest BCUT2D eigenvalue weighted by Gasteiger charge is -2.55. The SMILES string of the molecule is CN1CC[C@]23c4c5ccc(O)c4O[C@H]2C(=O)C=CC3C1C5. The molecule has 1 spiro atoms. The summed E-state index contributed by atoms with van der Waals surface area (Å²) in [6.45, 7) is 0.969. The van der Waals surface area contributed by atoms with Gasteiger partial charge < -0.3 is 14.7 Å². The van der Waals surface area contributed by atoms with Gasteiger partial charge in [-0.05, 0) is 44.1 Å². The van der Waals surface area contributed by atoms with Crippen molar-refractivity contribution in [3.63, 3.8) is 0 Å². The molecule has 1 N–H and O–H groups in total. The Morgan fingerprint density at radius 1 is 1.43 bits per heavy atom. The first-order chi connectivity index (χ1) is 10.1. The Kier molecular flexibility index (Phi) is 1.97. The molecule has 4 aliphatic rings. The van der Waals surface area contributed by atoms with E-state index in [9.17, 15) is 9.90 Å². The van der Waals surface area contributed by atoms with E-state index < -0.39 is 6.10 Å². The number of carbonyl (C=O) groups excluding carboxylic acids is 1. The molecule has 0 saturated carbocycles. The Bertz CT molecular complexity index is 710. The Hall–Kier alpha value is -1.81. The van der Waals surface area contributed by atoms with E-state index >= 15 is 0 Å². The molecule has 4 atom stereocenters. The van der Waals surface area contributed by atoms with Gasteiger partial charge in [-0.15, -0.1) is 0 Å². The monoisotopic (exact) mass is 283 g/mol. The summed E-state index contributed by atoms with van der Waals surface area (Å²) in [6.07, 6.45) is 5.19. The van der Waals surface area contributed by atoms with Gasteiger partial charge in [0.1, 0.15) is 0 Å². The van der Waals surface area contributed by atoms with E-state index in [0.717, 1.165) is 24.9 Å². The molecule has 2 bridgehead atoms. The molecule has 1 aromatic carbocycles. The number of hydrogen-bond acceptors (Lipinski definition) is 4. The summed E-state index contributed by atoms with van der Waals surface area (Å²) in [5, 5.41) is 10.2. The van der Waals surface area contributed by atoms with Crippen molar-refractivity contribution >= 4 is 5.78 Å². The summed E-state index contributed by atoms with van der Waals surface area (Å²) >= 11 is 0. The summed E-state index contributed by atoms with van der Waals surface area (Å²) < 4.78 is 5.99. The molecule has 1 aromatic rings. The lowest BCUT2D eigenvalue weighted by atomic mass is 9.53. The van der Waals surface area contributed by atoms with E-state index in [1.807, 2.05) is 6.07 Å². The zero-order valence-electron chi connectivity index (χ0n) is 11.9. The lowest BCUT2D eigenvalue weighted by Crippen LogP contribution is -2.64. The van der Waals surface area contributed by atoms with Gasteiger partial charge in [-0.25, -0.2) is 0 Å². The Balaban J connectivity index is 1.87. The van der Waals surface area contributed by atoms with Crippen molar-refractivity contribution in [1.29, 1.82) is 0 Å². The van der Waals surface area contributed by atoms with Gasteiger partial charge in [0.25, 0.3) is 0 Å². The van der Waals surface area contributed by atoms with E-state index in [1.54, 1.807) is 12.1 Å². The minimum atomic E-state index is -0.453. The third kappa shape index (κ3) is 1.16. The highest BCUT2D eigenvalue weighted by atomic mass is 16.5. The van der Waals surface area contributed by atoms with Gasteiger partial charge >= 0.3 is 0 Å². The quantitative estimate of drug-likeness (QED) is 0.782. The molecule has 108 valence electrons. The Labute approximate surface area is 123 Å². The van der Waals surface area contributed by atoms with Crippen molar-refractivity contribution in [2.75, 3.05) is 13.6 Å². The number of aromatic hydroxyl groups is 1. The first kappa shape index (κ1) is 11.8. The van der Waals surface area contributed by atoms with Crippen LogP contribution in [0.1, 0.15) is 17.5 Å². The van der Waals surface area contributed by atoms with E-state index in [4.69, 9.17) is 4.74 Å². The molecule has 2 unspecified atom stereocenters. The summed E-state index contributed by atoms with van der Waals surface area (Å²) in [5.74, 6) is 1.07. The van der Waals surface area contributed by atoms with Crippen LogP contribution in [-0.2, 0) is 16.6 Å². The molecule has 0 radical (unpaired) electrons. The van der Waals surface area contributed by atoms with E-state index in [1.165, 1.54) is 5.56 Å². The molecule has 1 fully saturated rings. The third-order valence-corrected chi connectivity index (χ3v) is 6.00. The van der Waals surface area contributed by atoms with Gasteiger partial charge in [0.2, 0.25) is 0 Å². The number of ether oxygens (including phenoxy) is 1. The summed E-state index contributed by atoms with van der Waals surface area (Å²) in [4.78, 5) is 14.8. The number of likely N-dealkylation sites (tertiary alicyclic amines) is 1.